The van der Waals surface area contributed by atoms with Crippen molar-refractivity contribution in [3.05, 3.63) is 0 Å². The van der Waals surface area contributed by atoms with E-state index in [4.69, 9.17) is 23.1 Å². The van der Waals surface area contributed by atoms with E-state index in [9.17, 15) is 0 Å². The third-order valence-corrected chi connectivity index (χ3v) is 1.04. The molecular weight excluding hydrogens is 128 g/mol. The first kappa shape index (κ1) is 9.04. The molecule has 0 unspecified atom stereocenters. The van der Waals surface area contributed by atoms with Gasteiger partial charge in [0.2, 0.25) is 0 Å². The maximum Gasteiger partial charge on any atom is 0.117 e. The van der Waals surface area contributed by atoms with Crippen LogP contribution in [0.15, 0.2) is 0 Å². The zero-order chi connectivity index (χ0) is 7.98. The topological polar surface area (TPSA) is 40.5 Å². The molecule has 0 rings (SSSR count). The van der Waals surface area contributed by atoms with Crippen LogP contribution in [0.1, 0.15) is 12.8 Å². The van der Waals surface area contributed by atoms with Gasteiger partial charge in [0.1, 0.15) is 6.10 Å². The largest absolute Gasteiger partial charge is 0.392 e. The van der Waals surface area contributed by atoms with Crippen LogP contribution < -0.4 is 0 Å². The van der Waals surface area contributed by atoms with Crippen molar-refractivity contribution in [1.29, 1.82) is 0 Å². The molecule has 0 spiro atoms. The van der Waals surface area contributed by atoms with Crippen LogP contribution in [-0.4, -0.2) is 22.4 Å². The second-order valence-corrected chi connectivity index (χ2v) is 1.98. The molecule has 0 saturated carbocycles. The van der Waals surface area contributed by atoms with Crippen LogP contribution in [0.25, 0.3) is 0 Å². The molecule has 0 aliphatic heterocycles. The average molecular weight is 138 g/mol. The first-order valence-electron chi connectivity index (χ1n) is 2.96. The second kappa shape index (κ2) is 4.88. The third-order valence-electron chi connectivity index (χ3n) is 1.04. The molecule has 54 valence electrons. The van der Waals surface area contributed by atoms with E-state index in [0.29, 0.717) is 0 Å². The third kappa shape index (κ3) is 3.97. The summed E-state index contributed by atoms with van der Waals surface area (Å²) in [5.41, 5.74) is 0. The lowest BCUT2D eigenvalue weighted by Gasteiger charge is -2.07. The van der Waals surface area contributed by atoms with Gasteiger partial charge in [0, 0.05) is 12.8 Å². The lowest BCUT2D eigenvalue weighted by Crippen LogP contribution is -2.15. The van der Waals surface area contributed by atoms with E-state index in [1.54, 1.807) is 0 Å². The van der Waals surface area contributed by atoms with Crippen LogP contribution in [0.4, 0.5) is 0 Å². The van der Waals surface area contributed by atoms with Crippen molar-refractivity contribution < 1.29 is 10.2 Å². The average Bonchev–Trinajstić information content (AvgIpc) is 1.88. The van der Waals surface area contributed by atoms with Crippen molar-refractivity contribution in [2.24, 2.45) is 0 Å². The minimum Gasteiger partial charge on any atom is -0.392 e. The summed E-state index contributed by atoms with van der Waals surface area (Å²) in [5, 5.41) is 17.7. The summed E-state index contributed by atoms with van der Waals surface area (Å²) >= 11 is 0. The number of aliphatic hydroxyl groups is 2. The van der Waals surface area contributed by atoms with Crippen molar-refractivity contribution in [2.45, 2.75) is 25.0 Å². The van der Waals surface area contributed by atoms with Gasteiger partial charge in [-0.2, -0.15) is 0 Å². The van der Waals surface area contributed by atoms with Crippen molar-refractivity contribution >= 4 is 0 Å². The fourth-order valence-electron chi connectivity index (χ4n) is 0.545. The molecule has 2 atom stereocenters. The molecule has 2 nitrogen and oxygen atoms in total. The highest BCUT2D eigenvalue weighted by Gasteiger charge is 2.06. The van der Waals surface area contributed by atoms with Gasteiger partial charge in [-0.05, 0) is 0 Å². The van der Waals surface area contributed by atoms with Gasteiger partial charge >= 0.3 is 0 Å². The van der Waals surface area contributed by atoms with Crippen molar-refractivity contribution in [3.8, 4) is 24.7 Å². The van der Waals surface area contributed by atoms with Gasteiger partial charge in [-0.15, -0.1) is 18.8 Å². The molecule has 0 radical (unpaired) electrons. The van der Waals surface area contributed by atoms with Crippen molar-refractivity contribution in [3.63, 3.8) is 0 Å². The summed E-state index contributed by atoms with van der Waals surface area (Å²) in [5.74, 6) is 4.35. The van der Waals surface area contributed by atoms with Crippen molar-refractivity contribution in [1.82, 2.24) is 0 Å². The number of hydrogen-bond acceptors (Lipinski definition) is 2. The van der Waals surface area contributed by atoms with Gasteiger partial charge in [0.15, 0.2) is 0 Å². The number of rotatable bonds is 3. The van der Waals surface area contributed by atoms with Gasteiger partial charge in [-0.1, -0.05) is 5.92 Å². The zero-order valence-corrected chi connectivity index (χ0v) is 5.62. The molecule has 2 heteroatoms. The molecule has 0 aliphatic carbocycles. The van der Waals surface area contributed by atoms with Crippen LogP contribution in [0.5, 0.6) is 0 Å². The highest BCUT2D eigenvalue weighted by Crippen LogP contribution is 1.99. The molecular formula is C8H10O2. The molecule has 10 heavy (non-hydrogen) atoms. The Hall–Kier alpha value is -0.960. The van der Waals surface area contributed by atoms with E-state index >= 15 is 0 Å². The maximum atomic E-state index is 8.95. The Kier molecular flexibility index (Phi) is 4.41. The first-order valence-corrected chi connectivity index (χ1v) is 2.96. The second-order valence-electron chi connectivity index (χ2n) is 1.98. The Morgan fingerprint density at radius 1 is 1.30 bits per heavy atom. The summed E-state index contributed by atoms with van der Waals surface area (Å²) in [7, 11) is 0. The number of aliphatic hydroxyl groups excluding tert-OH is 2. The summed E-state index contributed by atoms with van der Waals surface area (Å²) in [6.07, 6.45) is 8.58. The monoisotopic (exact) mass is 138 g/mol. The fraction of sp³-hybridized carbons (Fsp3) is 0.500. The summed E-state index contributed by atoms with van der Waals surface area (Å²) in [4.78, 5) is 0. The van der Waals surface area contributed by atoms with E-state index in [2.05, 4.69) is 11.8 Å². The van der Waals surface area contributed by atoms with Crippen molar-refractivity contribution in [2.75, 3.05) is 0 Å². The SMILES string of the molecule is C#CC[C@@H](O)C[C@H](O)C#C. The maximum absolute atomic E-state index is 8.95. The molecule has 2 N–H and O–H groups in total. The predicted octanol–water partition coefficient (Wildman–Crippen LogP) is -0.245. The Labute approximate surface area is 60.9 Å². The van der Waals surface area contributed by atoms with Gasteiger partial charge < -0.3 is 10.2 Å². The van der Waals surface area contributed by atoms with Crippen LogP contribution in [-0.2, 0) is 0 Å². The Bertz CT molecular complexity index is 161. The van der Waals surface area contributed by atoms with E-state index < -0.39 is 12.2 Å². The van der Waals surface area contributed by atoms with Crippen LogP contribution in [0.3, 0.4) is 0 Å². The molecule has 0 aromatic carbocycles. The summed E-state index contributed by atoms with van der Waals surface area (Å²) < 4.78 is 0. The molecule has 0 amide bonds. The van der Waals surface area contributed by atoms with Crippen LogP contribution in [0, 0.1) is 24.7 Å². The first-order chi connectivity index (χ1) is 4.70. The minimum absolute atomic E-state index is 0.153. The van der Waals surface area contributed by atoms with Gasteiger partial charge in [-0.25, -0.2) is 0 Å². The molecule has 0 saturated heterocycles. The minimum atomic E-state index is -0.886. The molecule has 0 bridgehead atoms. The van der Waals surface area contributed by atoms with E-state index in [1.807, 2.05) is 0 Å². The predicted molar refractivity (Wildman–Crippen MR) is 38.9 cm³/mol. The lowest BCUT2D eigenvalue weighted by molar-refractivity contribution is 0.112. The Balaban J connectivity index is 3.51. The number of hydrogen-bond donors (Lipinski definition) is 2. The molecule has 0 fully saturated rings. The van der Waals surface area contributed by atoms with E-state index in [-0.39, 0.29) is 12.8 Å². The van der Waals surface area contributed by atoms with E-state index in [1.165, 1.54) is 0 Å². The molecule has 0 heterocycles. The van der Waals surface area contributed by atoms with Crippen LogP contribution >= 0.6 is 0 Å². The highest BCUT2D eigenvalue weighted by atomic mass is 16.3. The molecule has 0 aromatic heterocycles. The summed E-state index contributed by atoms with van der Waals surface area (Å²) in [6, 6.07) is 0. The normalized spacial score (nSPS) is 14.8. The summed E-state index contributed by atoms with van der Waals surface area (Å²) in [6.45, 7) is 0. The molecule has 0 aliphatic rings. The number of terminal acetylenes is 2. The standard InChI is InChI=1S/C8H10O2/c1-3-5-8(10)6-7(9)4-2/h1-2,7-10H,5-6H2/t7-,8-/m1/s1. The lowest BCUT2D eigenvalue weighted by atomic mass is 10.1. The smallest absolute Gasteiger partial charge is 0.117 e. The van der Waals surface area contributed by atoms with Gasteiger partial charge in [0.25, 0.3) is 0 Å². The van der Waals surface area contributed by atoms with Gasteiger partial charge in [0.05, 0.1) is 6.10 Å². The fourth-order valence-corrected chi connectivity index (χ4v) is 0.545. The van der Waals surface area contributed by atoms with Gasteiger partial charge in [-0.3, -0.25) is 0 Å². The van der Waals surface area contributed by atoms with E-state index in [0.717, 1.165) is 0 Å². The zero-order valence-electron chi connectivity index (χ0n) is 5.62. The Morgan fingerprint density at radius 3 is 2.30 bits per heavy atom. The molecule has 0 aromatic rings. The quantitative estimate of drug-likeness (QED) is 0.528. The van der Waals surface area contributed by atoms with Crippen LogP contribution in [0.2, 0.25) is 0 Å². The highest BCUT2D eigenvalue weighted by molar-refractivity contribution is 4.96. The Morgan fingerprint density at radius 2 is 1.90 bits per heavy atom.